The van der Waals surface area contributed by atoms with Crippen molar-refractivity contribution in [3.63, 3.8) is 0 Å². The van der Waals surface area contributed by atoms with E-state index in [4.69, 9.17) is 0 Å². The molecule has 0 bridgehead atoms. The second-order valence-corrected chi connectivity index (χ2v) is 6.57. The van der Waals surface area contributed by atoms with Gasteiger partial charge in [-0.15, -0.1) is 24.0 Å². The number of hydrogen-bond donors (Lipinski definition) is 2. The number of hydrogen-bond acceptors (Lipinski definition) is 2. The number of guanidine groups is 1. The van der Waals surface area contributed by atoms with Crippen LogP contribution in [0.15, 0.2) is 52.4 Å². The number of aryl methyl sites for hydroxylation is 2. The van der Waals surface area contributed by atoms with Gasteiger partial charge >= 0.3 is 0 Å². The number of halogens is 2. The van der Waals surface area contributed by atoms with Gasteiger partial charge in [0, 0.05) is 31.9 Å². The summed E-state index contributed by atoms with van der Waals surface area (Å²) in [4.78, 5) is 16.3. The summed E-state index contributed by atoms with van der Waals surface area (Å²) < 4.78 is 15.5. The molecular weight excluding hydrogens is 470 g/mol. The first-order valence-electron chi connectivity index (χ1n) is 9.47. The Morgan fingerprint density at radius 3 is 2.71 bits per heavy atom. The molecule has 154 valence electrons. The molecular formula is C21H30FIN4O. The van der Waals surface area contributed by atoms with Crippen LogP contribution in [0.3, 0.4) is 0 Å². The SMILES string of the molecule is CCNC(=NCCCCn1ccccc1=O)NC(C)c1ccc(C)c(F)c1.I. The number of nitrogens with one attached hydrogen (secondary N) is 2. The maximum Gasteiger partial charge on any atom is 0.250 e. The van der Waals surface area contributed by atoms with Crippen molar-refractivity contribution in [2.45, 2.75) is 46.2 Å². The molecule has 0 aliphatic carbocycles. The fourth-order valence-electron chi connectivity index (χ4n) is 2.72. The van der Waals surface area contributed by atoms with Gasteiger partial charge < -0.3 is 15.2 Å². The van der Waals surface area contributed by atoms with Crippen LogP contribution in [0.25, 0.3) is 0 Å². The average Bonchev–Trinajstić information content (AvgIpc) is 2.65. The normalized spacial score (nSPS) is 12.2. The van der Waals surface area contributed by atoms with Crippen LogP contribution in [0.5, 0.6) is 0 Å². The van der Waals surface area contributed by atoms with Crippen LogP contribution >= 0.6 is 24.0 Å². The summed E-state index contributed by atoms with van der Waals surface area (Å²) in [6.07, 6.45) is 3.57. The highest BCUT2D eigenvalue weighted by Crippen LogP contribution is 2.16. The third-order valence-electron chi connectivity index (χ3n) is 4.37. The summed E-state index contributed by atoms with van der Waals surface area (Å²) in [5.41, 5.74) is 1.55. The minimum absolute atomic E-state index is 0. The van der Waals surface area contributed by atoms with Crippen molar-refractivity contribution >= 4 is 29.9 Å². The van der Waals surface area contributed by atoms with E-state index in [9.17, 15) is 9.18 Å². The van der Waals surface area contributed by atoms with Crippen molar-refractivity contribution < 1.29 is 4.39 Å². The second-order valence-electron chi connectivity index (χ2n) is 6.57. The summed E-state index contributed by atoms with van der Waals surface area (Å²) >= 11 is 0. The fraction of sp³-hybridized carbons (Fsp3) is 0.429. The highest BCUT2D eigenvalue weighted by atomic mass is 127. The lowest BCUT2D eigenvalue weighted by molar-refractivity contribution is 0.595. The molecule has 0 radical (unpaired) electrons. The Balaban J connectivity index is 0.00000392. The lowest BCUT2D eigenvalue weighted by atomic mass is 10.1. The molecule has 28 heavy (non-hydrogen) atoms. The zero-order valence-corrected chi connectivity index (χ0v) is 19.1. The van der Waals surface area contributed by atoms with Gasteiger partial charge in [-0.25, -0.2) is 4.39 Å². The Bertz CT molecular complexity index is 822. The molecule has 0 spiro atoms. The Morgan fingerprint density at radius 2 is 2.04 bits per heavy atom. The minimum Gasteiger partial charge on any atom is -0.357 e. The van der Waals surface area contributed by atoms with Crippen molar-refractivity contribution in [2.24, 2.45) is 4.99 Å². The summed E-state index contributed by atoms with van der Waals surface area (Å²) in [6.45, 7) is 7.85. The lowest BCUT2D eigenvalue weighted by Crippen LogP contribution is -2.38. The molecule has 2 rings (SSSR count). The number of aliphatic imine (C=N–C) groups is 1. The molecule has 1 heterocycles. The number of aromatic nitrogens is 1. The third kappa shape index (κ3) is 7.61. The van der Waals surface area contributed by atoms with Gasteiger partial charge in [-0.3, -0.25) is 9.79 Å². The van der Waals surface area contributed by atoms with E-state index >= 15 is 0 Å². The van der Waals surface area contributed by atoms with Gasteiger partial charge in [-0.1, -0.05) is 18.2 Å². The largest absolute Gasteiger partial charge is 0.357 e. The molecule has 1 aromatic heterocycles. The molecule has 0 saturated carbocycles. The maximum atomic E-state index is 13.8. The van der Waals surface area contributed by atoms with E-state index < -0.39 is 0 Å². The van der Waals surface area contributed by atoms with Crippen molar-refractivity contribution in [2.75, 3.05) is 13.1 Å². The molecule has 0 aliphatic rings. The number of benzene rings is 1. The van der Waals surface area contributed by atoms with Crippen LogP contribution < -0.4 is 16.2 Å². The van der Waals surface area contributed by atoms with Crippen LogP contribution in [0, 0.1) is 12.7 Å². The fourth-order valence-corrected chi connectivity index (χ4v) is 2.72. The number of rotatable bonds is 8. The van der Waals surface area contributed by atoms with Gasteiger partial charge in [0.2, 0.25) is 5.56 Å². The molecule has 7 heteroatoms. The van der Waals surface area contributed by atoms with Crippen LogP contribution in [0.1, 0.15) is 43.9 Å². The predicted molar refractivity (Wildman–Crippen MR) is 124 cm³/mol. The summed E-state index contributed by atoms with van der Waals surface area (Å²) in [7, 11) is 0. The van der Waals surface area contributed by atoms with Gasteiger partial charge in [0.1, 0.15) is 5.82 Å². The van der Waals surface area contributed by atoms with Gasteiger partial charge in [0.05, 0.1) is 6.04 Å². The van der Waals surface area contributed by atoms with E-state index in [2.05, 4.69) is 15.6 Å². The van der Waals surface area contributed by atoms with Crippen molar-refractivity contribution in [3.8, 4) is 0 Å². The Hall–Kier alpha value is -1.90. The van der Waals surface area contributed by atoms with E-state index in [0.29, 0.717) is 24.6 Å². The predicted octanol–water partition coefficient (Wildman–Crippen LogP) is 4.01. The maximum absolute atomic E-state index is 13.8. The zero-order valence-electron chi connectivity index (χ0n) is 16.7. The van der Waals surface area contributed by atoms with E-state index in [-0.39, 0.29) is 41.4 Å². The van der Waals surface area contributed by atoms with Crippen molar-refractivity contribution in [1.29, 1.82) is 0 Å². The molecule has 0 amide bonds. The first kappa shape index (κ1) is 24.1. The highest BCUT2D eigenvalue weighted by Gasteiger charge is 2.09. The topological polar surface area (TPSA) is 58.4 Å². The smallest absolute Gasteiger partial charge is 0.250 e. The monoisotopic (exact) mass is 500 g/mol. The van der Waals surface area contributed by atoms with Crippen LogP contribution in [-0.2, 0) is 6.54 Å². The Labute approximate surface area is 183 Å². The van der Waals surface area contributed by atoms with E-state index in [1.165, 1.54) is 0 Å². The number of pyridine rings is 1. The first-order chi connectivity index (χ1) is 13.0. The highest BCUT2D eigenvalue weighted by molar-refractivity contribution is 14.0. The van der Waals surface area contributed by atoms with Gasteiger partial charge in [0.15, 0.2) is 5.96 Å². The van der Waals surface area contributed by atoms with E-state index in [1.807, 2.05) is 26.0 Å². The van der Waals surface area contributed by atoms with Gasteiger partial charge in [0.25, 0.3) is 0 Å². The molecule has 1 unspecified atom stereocenters. The second kappa shape index (κ2) is 12.5. The van der Waals surface area contributed by atoms with Gasteiger partial charge in [-0.2, -0.15) is 0 Å². The van der Waals surface area contributed by atoms with E-state index in [0.717, 1.165) is 24.9 Å². The quantitative estimate of drug-likeness (QED) is 0.249. The molecule has 1 aromatic carbocycles. The average molecular weight is 500 g/mol. The number of unbranched alkanes of at least 4 members (excludes halogenated alkanes) is 1. The Morgan fingerprint density at radius 1 is 1.25 bits per heavy atom. The molecule has 0 saturated heterocycles. The number of nitrogens with zero attached hydrogens (tertiary/aromatic N) is 2. The zero-order chi connectivity index (χ0) is 19.6. The lowest BCUT2D eigenvalue weighted by Gasteiger charge is -2.18. The summed E-state index contributed by atoms with van der Waals surface area (Å²) in [5, 5.41) is 6.53. The molecule has 0 aliphatic heterocycles. The summed E-state index contributed by atoms with van der Waals surface area (Å²) in [5.74, 6) is 0.516. The molecule has 2 N–H and O–H groups in total. The first-order valence-corrected chi connectivity index (χ1v) is 9.47. The summed E-state index contributed by atoms with van der Waals surface area (Å²) in [6, 6.07) is 10.4. The van der Waals surface area contributed by atoms with Crippen molar-refractivity contribution in [1.82, 2.24) is 15.2 Å². The van der Waals surface area contributed by atoms with Crippen LogP contribution in [-0.4, -0.2) is 23.6 Å². The molecule has 2 aromatic rings. The molecule has 0 fully saturated rings. The van der Waals surface area contributed by atoms with Crippen LogP contribution in [0.2, 0.25) is 0 Å². The Kier molecular flexibility index (Phi) is 10.8. The standard InChI is InChI=1S/C21H29FN4O.HI/c1-4-23-21(25-17(3)18-11-10-16(2)19(22)15-18)24-12-6-8-14-26-13-7-5-9-20(26)27;/h5,7,9-11,13,15,17H,4,6,8,12,14H2,1-3H3,(H2,23,24,25);1H. The minimum atomic E-state index is -0.195. The van der Waals surface area contributed by atoms with Crippen LogP contribution in [0.4, 0.5) is 4.39 Å². The van der Waals surface area contributed by atoms with Gasteiger partial charge in [-0.05, 0) is 56.9 Å². The third-order valence-corrected chi connectivity index (χ3v) is 4.37. The molecule has 5 nitrogen and oxygen atoms in total. The van der Waals surface area contributed by atoms with Crippen molar-refractivity contribution in [3.05, 3.63) is 69.9 Å². The van der Waals surface area contributed by atoms with E-state index in [1.54, 1.807) is 42.0 Å². The molecule has 1 atom stereocenters.